The minimum atomic E-state index is 0.920. The molecule has 44 valence electrons. The average molecular weight is 110 g/mol. The maximum atomic E-state index is 3.08. The van der Waals surface area contributed by atoms with Crippen LogP contribution in [0.4, 0.5) is 0 Å². The molecule has 0 saturated carbocycles. The SMILES string of the molecule is C1=C\NC/C=C\NC/1. The summed E-state index contributed by atoms with van der Waals surface area (Å²) in [5, 5.41) is 6.16. The van der Waals surface area contributed by atoms with Crippen molar-refractivity contribution in [2.24, 2.45) is 0 Å². The van der Waals surface area contributed by atoms with E-state index >= 15 is 0 Å². The smallest absolute Gasteiger partial charge is 0.0342 e. The molecule has 0 radical (unpaired) electrons. The van der Waals surface area contributed by atoms with Gasteiger partial charge in [-0.3, -0.25) is 0 Å². The van der Waals surface area contributed by atoms with Crippen LogP contribution >= 0.6 is 0 Å². The van der Waals surface area contributed by atoms with Gasteiger partial charge in [-0.05, 0) is 24.6 Å². The number of hydrogen-bond acceptors (Lipinski definition) is 2. The molecule has 0 fully saturated rings. The normalized spacial score (nSPS) is 26.0. The van der Waals surface area contributed by atoms with Gasteiger partial charge < -0.3 is 10.6 Å². The summed E-state index contributed by atoms with van der Waals surface area (Å²) in [7, 11) is 0. The Balaban J connectivity index is 2.29. The first-order valence-corrected chi connectivity index (χ1v) is 2.77. The van der Waals surface area contributed by atoms with Crippen LogP contribution < -0.4 is 10.6 Å². The first kappa shape index (κ1) is 5.22. The van der Waals surface area contributed by atoms with E-state index in [9.17, 15) is 0 Å². The standard InChI is InChI=1S/C6H10N2/c1-3-7-5-2-6-8-4-1/h1-3,6-8H,4-5H2/b3-1-,6-2-. The molecule has 8 heavy (non-hydrogen) atoms. The highest BCUT2D eigenvalue weighted by Crippen LogP contribution is 1.73. The van der Waals surface area contributed by atoms with Crippen molar-refractivity contribution in [1.29, 1.82) is 0 Å². The summed E-state index contributed by atoms with van der Waals surface area (Å²) in [6, 6.07) is 0. The third kappa shape index (κ3) is 1.69. The van der Waals surface area contributed by atoms with E-state index in [-0.39, 0.29) is 0 Å². The number of nitrogens with one attached hydrogen (secondary N) is 2. The molecule has 2 N–H and O–H groups in total. The second-order valence-electron chi connectivity index (χ2n) is 1.62. The second kappa shape index (κ2) is 3.13. The van der Waals surface area contributed by atoms with E-state index in [1.54, 1.807) is 0 Å². The molecule has 0 aromatic rings. The molecule has 0 unspecified atom stereocenters. The Bertz CT molecular complexity index is 79.1. The van der Waals surface area contributed by atoms with Crippen molar-refractivity contribution >= 4 is 0 Å². The Morgan fingerprint density at radius 3 is 1.88 bits per heavy atom. The molecule has 1 aliphatic heterocycles. The van der Waals surface area contributed by atoms with E-state index in [4.69, 9.17) is 0 Å². The molecule has 0 aromatic carbocycles. The first-order chi connectivity index (χ1) is 4.00. The van der Waals surface area contributed by atoms with E-state index in [1.165, 1.54) is 0 Å². The summed E-state index contributed by atoms with van der Waals surface area (Å²) >= 11 is 0. The van der Waals surface area contributed by atoms with Crippen molar-refractivity contribution < 1.29 is 0 Å². The Kier molecular flexibility index (Phi) is 2.04. The van der Waals surface area contributed by atoms with E-state index in [2.05, 4.69) is 10.6 Å². The average Bonchev–Trinajstić information content (AvgIpc) is 1.62. The maximum absolute atomic E-state index is 3.08. The summed E-state index contributed by atoms with van der Waals surface area (Å²) in [5.41, 5.74) is 0. The fourth-order valence-corrected chi connectivity index (χ4v) is 0.557. The van der Waals surface area contributed by atoms with Crippen molar-refractivity contribution in [3.63, 3.8) is 0 Å². The molecule has 1 aliphatic rings. The van der Waals surface area contributed by atoms with Gasteiger partial charge >= 0.3 is 0 Å². The first-order valence-electron chi connectivity index (χ1n) is 2.77. The fraction of sp³-hybridized carbons (Fsp3) is 0.333. The van der Waals surface area contributed by atoms with E-state index in [0.29, 0.717) is 0 Å². The Labute approximate surface area is 49.3 Å². The van der Waals surface area contributed by atoms with Crippen molar-refractivity contribution in [3.8, 4) is 0 Å². The molecule has 0 saturated heterocycles. The van der Waals surface area contributed by atoms with Gasteiger partial charge in [0.2, 0.25) is 0 Å². The minimum Gasteiger partial charge on any atom is -0.388 e. The van der Waals surface area contributed by atoms with Gasteiger partial charge in [-0.15, -0.1) is 0 Å². The molecule has 0 spiro atoms. The summed E-state index contributed by atoms with van der Waals surface area (Å²) in [4.78, 5) is 0. The summed E-state index contributed by atoms with van der Waals surface area (Å²) < 4.78 is 0. The molecule has 0 bridgehead atoms. The predicted octanol–water partition coefficient (Wildman–Crippen LogP) is 0.207. The van der Waals surface area contributed by atoms with Crippen molar-refractivity contribution in [2.45, 2.75) is 0 Å². The molecular formula is C6H10N2. The Morgan fingerprint density at radius 2 is 1.38 bits per heavy atom. The third-order valence-corrected chi connectivity index (χ3v) is 0.943. The lowest BCUT2D eigenvalue weighted by Crippen LogP contribution is -2.12. The van der Waals surface area contributed by atoms with Gasteiger partial charge in [0.1, 0.15) is 0 Å². The highest BCUT2D eigenvalue weighted by Gasteiger charge is 1.77. The van der Waals surface area contributed by atoms with Crippen LogP contribution in [0, 0.1) is 0 Å². The molecule has 2 nitrogen and oxygen atoms in total. The highest BCUT2D eigenvalue weighted by molar-refractivity contribution is 4.92. The van der Waals surface area contributed by atoms with E-state index in [0.717, 1.165) is 13.1 Å². The van der Waals surface area contributed by atoms with Gasteiger partial charge in [-0.25, -0.2) is 0 Å². The number of rotatable bonds is 0. The molecule has 0 amide bonds. The van der Waals surface area contributed by atoms with Crippen molar-refractivity contribution in [1.82, 2.24) is 10.6 Å². The molecule has 2 heteroatoms. The monoisotopic (exact) mass is 110 g/mol. The van der Waals surface area contributed by atoms with Crippen LogP contribution in [-0.4, -0.2) is 13.1 Å². The van der Waals surface area contributed by atoms with Gasteiger partial charge in [0.25, 0.3) is 0 Å². The zero-order chi connectivity index (χ0) is 5.66. The quantitative estimate of drug-likeness (QED) is 0.465. The van der Waals surface area contributed by atoms with Crippen LogP contribution in [0.15, 0.2) is 24.6 Å². The van der Waals surface area contributed by atoms with Gasteiger partial charge in [0.05, 0.1) is 0 Å². The lowest BCUT2D eigenvalue weighted by molar-refractivity contribution is 0.902. The van der Waals surface area contributed by atoms with Crippen molar-refractivity contribution in [2.75, 3.05) is 13.1 Å². The van der Waals surface area contributed by atoms with E-state index < -0.39 is 0 Å². The van der Waals surface area contributed by atoms with Crippen LogP contribution in [0.1, 0.15) is 0 Å². The summed E-state index contributed by atoms with van der Waals surface area (Å²) in [6.07, 6.45) is 8.00. The van der Waals surface area contributed by atoms with Gasteiger partial charge in [-0.1, -0.05) is 0 Å². The minimum absolute atomic E-state index is 0.920. The topological polar surface area (TPSA) is 24.1 Å². The van der Waals surface area contributed by atoms with Crippen LogP contribution in [0.2, 0.25) is 0 Å². The van der Waals surface area contributed by atoms with Gasteiger partial charge in [-0.2, -0.15) is 0 Å². The highest BCUT2D eigenvalue weighted by atomic mass is 14.9. The largest absolute Gasteiger partial charge is 0.388 e. The fourth-order valence-electron chi connectivity index (χ4n) is 0.557. The molecule has 1 rings (SSSR count). The molecule has 0 atom stereocenters. The van der Waals surface area contributed by atoms with Crippen LogP contribution in [0.3, 0.4) is 0 Å². The van der Waals surface area contributed by atoms with Crippen molar-refractivity contribution in [3.05, 3.63) is 24.6 Å². The zero-order valence-corrected chi connectivity index (χ0v) is 4.72. The third-order valence-electron chi connectivity index (χ3n) is 0.943. The molecule has 0 aromatic heterocycles. The Hall–Kier alpha value is -0.920. The molecule has 1 heterocycles. The summed E-state index contributed by atoms with van der Waals surface area (Å²) in [5.74, 6) is 0. The van der Waals surface area contributed by atoms with E-state index in [1.807, 2.05) is 24.6 Å². The predicted molar refractivity (Wildman–Crippen MR) is 34.3 cm³/mol. The summed E-state index contributed by atoms with van der Waals surface area (Å²) in [6.45, 7) is 1.84. The Morgan fingerprint density at radius 1 is 0.875 bits per heavy atom. The molecule has 0 aliphatic carbocycles. The van der Waals surface area contributed by atoms with Crippen LogP contribution in [-0.2, 0) is 0 Å². The van der Waals surface area contributed by atoms with Crippen LogP contribution in [0.5, 0.6) is 0 Å². The second-order valence-corrected chi connectivity index (χ2v) is 1.62. The maximum Gasteiger partial charge on any atom is 0.0342 e. The lowest BCUT2D eigenvalue weighted by atomic mass is 10.5. The lowest BCUT2D eigenvalue weighted by Gasteiger charge is -1.99. The van der Waals surface area contributed by atoms with Crippen LogP contribution in [0.25, 0.3) is 0 Å². The number of hydrogen-bond donors (Lipinski definition) is 2. The van der Waals surface area contributed by atoms with Gasteiger partial charge in [0, 0.05) is 13.1 Å². The van der Waals surface area contributed by atoms with Gasteiger partial charge in [0.15, 0.2) is 0 Å². The molecular weight excluding hydrogens is 100 g/mol. The zero-order valence-electron chi connectivity index (χ0n) is 4.72.